The summed E-state index contributed by atoms with van der Waals surface area (Å²) in [6.45, 7) is 5.93. The van der Waals surface area contributed by atoms with Crippen LogP contribution >= 0.6 is 0 Å². The Hall–Kier alpha value is -2.17. The maximum absolute atomic E-state index is 6.14. The quantitative estimate of drug-likeness (QED) is 0.765. The van der Waals surface area contributed by atoms with Crippen molar-refractivity contribution in [2.75, 3.05) is 13.1 Å². The SMILES string of the molecule is Cc1ccc2[nH]cc(CN3CCC[C@@H](OCc4cccnc4)C3)c2c1. The summed E-state index contributed by atoms with van der Waals surface area (Å²) in [5.74, 6) is 0. The number of nitrogens with one attached hydrogen (secondary N) is 1. The minimum absolute atomic E-state index is 0.306. The summed E-state index contributed by atoms with van der Waals surface area (Å²) in [5, 5.41) is 1.35. The van der Waals surface area contributed by atoms with Crippen LogP contribution < -0.4 is 0 Å². The summed E-state index contributed by atoms with van der Waals surface area (Å²) in [5.41, 5.74) is 5.06. The van der Waals surface area contributed by atoms with Gasteiger partial charge in [-0.2, -0.15) is 0 Å². The van der Waals surface area contributed by atoms with E-state index in [2.05, 4.69) is 52.3 Å². The van der Waals surface area contributed by atoms with Crippen LogP contribution in [0.3, 0.4) is 0 Å². The summed E-state index contributed by atoms with van der Waals surface area (Å²) < 4.78 is 6.14. The summed E-state index contributed by atoms with van der Waals surface area (Å²) in [7, 11) is 0. The maximum Gasteiger partial charge on any atom is 0.0736 e. The Kier molecular flexibility index (Phi) is 4.81. The van der Waals surface area contributed by atoms with Crippen molar-refractivity contribution in [1.29, 1.82) is 0 Å². The molecule has 1 aliphatic rings. The van der Waals surface area contributed by atoms with E-state index in [0.717, 1.165) is 31.6 Å². The predicted octanol–water partition coefficient (Wildman–Crippen LogP) is 4.05. The van der Waals surface area contributed by atoms with Crippen molar-refractivity contribution in [2.24, 2.45) is 0 Å². The molecule has 130 valence electrons. The molecule has 1 N–H and O–H groups in total. The number of H-pyrrole nitrogens is 1. The van der Waals surface area contributed by atoms with Crippen LogP contribution in [0.15, 0.2) is 48.9 Å². The van der Waals surface area contributed by atoms with Crippen LogP contribution in [0, 0.1) is 6.92 Å². The molecule has 0 bridgehead atoms. The van der Waals surface area contributed by atoms with E-state index in [0.29, 0.717) is 12.7 Å². The first-order chi connectivity index (χ1) is 12.3. The zero-order valence-electron chi connectivity index (χ0n) is 14.7. The van der Waals surface area contributed by atoms with Gasteiger partial charge in [0.05, 0.1) is 12.7 Å². The number of piperidine rings is 1. The van der Waals surface area contributed by atoms with Crippen LogP contribution in [0.2, 0.25) is 0 Å². The lowest BCUT2D eigenvalue weighted by atomic mass is 10.1. The number of likely N-dealkylation sites (tertiary alicyclic amines) is 1. The number of benzene rings is 1. The van der Waals surface area contributed by atoms with Gasteiger partial charge in [-0.1, -0.05) is 17.7 Å². The molecule has 1 saturated heterocycles. The number of fused-ring (bicyclic) bond motifs is 1. The fraction of sp³-hybridized carbons (Fsp3) is 0.381. The molecule has 0 saturated carbocycles. The van der Waals surface area contributed by atoms with E-state index in [1.54, 1.807) is 6.20 Å². The van der Waals surface area contributed by atoms with E-state index in [-0.39, 0.29) is 0 Å². The molecule has 3 aromatic rings. The fourth-order valence-corrected chi connectivity index (χ4v) is 3.65. The Morgan fingerprint density at radius 2 is 2.28 bits per heavy atom. The van der Waals surface area contributed by atoms with E-state index in [1.807, 2.05) is 12.3 Å². The number of hydrogen-bond donors (Lipinski definition) is 1. The van der Waals surface area contributed by atoms with Gasteiger partial charge in [0.2, 0.25) is 0 Å². The highest BCUT2D eigenvalue weighted by Crippen LogP contribution is 2.23. The number of pyridine rings is 1. The van der Waals surface area contributed by atoms with Crippen molar-refractivity contribution in [1.82, 2.24) is 14.9 Å². The van der Waals surface area contributed by atoms with Crippen molar-refractivity contribution < 1.29 is 4.74 Å². The van der Waals surface area contributed by atoms with Crippen molar-refractivity contribution in [2.45, 2.75) is 39.0 Å². The standard InChI is InChI=1S/C21H25N3O/c1-16-6-7-21-20(10-16)18(12-23-21)13-24-9-3-5-19(14-24)25-15-17-4-2-8-22-11-17/h2,4,6-8,10-12,19,23H,3,5,9,13-15H2,1H3/t19-/m1/s1. The molecule has 0 unspecified atom stereocenters. The summed E-state index contributed by atoms with van der Waals surface area (Å²) in [4.78, 5) is 10.1. The third kappa shape index (κ3) is 3.91. The van der Waals surface area contributed by atoms with Crippen molar-refractivity contribution >= 4 is 10.9 Å². The van der Waals surface area contributed by atoms with Crippen LogP contribution in [0.5, 0.6) is 0 Å². The van der Waals surface area contributed by atoms with Gasteiger partial charge in [-0.15, -0.1) is 0 Å². The second-order valence-electron chi connectivity index (χ2n) is 7.03. The van der Waals surface area contributed by atoms with Crippen LogP contribution in [-0.4, -0.2) is 34.1 Å². The highest BCUT2D eigenvalue weighted by atomic mass is 16.5. The van der Waals surface area contributed by atoms with Gasteiger partial charge in [0, 0.05) is 42.6 Å². The topological polar surface area (TPSA) is 41.2 Å². The van der Waals surface area contributed by atoms with E-state index in [9.17, 15) is 0 Å². The molecular weight excluding hydrogens is 310 g/mol. The van der Waals surface area contributed by atoms with Gasteiger partial charge in [-0.25, -0.2) is 0 Å². The molecule has 1 atom stereocenters. The van der Waals surface area contributed by atoms with Gasteiger partial charge in [0.25, 0.3) is 0 Å². The molecule has 4 nitrogen and oxygen atoms in total. The van der Waals surface area contributed by atoms with Gasteiger partial charge in [0.15, 0.2) is 0 Å². The first kappa shape index (κ1) is 16.3. The largest absolute Gasteiger partial charge is 0.372 e. The Morgan fingerprint density at radius 3 is 3.16 bits per heavy atom. The Labute approximate surface area is 148 Å². The minimum atomic E-state index is 0.306. The zero-order chi connectivity index (χ0) is 17.1. The van der Waals surface area contributed by atoms with E-state index in [4.69, 9.17) is 4.74 Å². The molecule has 2 aromatic heterocycles. The van der Waals surface area contributed by atoms with Crippen LogP contribution in [-0.2, 0) is 17.9 Å². The van der Waals surface area contributed by atoms with Crippen molar-refractivity contribution in [3.05, 3.63) is 65.6 Å². The van der Waals surface area contributed by atoms with Crippen LogP contribution in [0.25, 0.3) is 10.9 Å². The predicted molar refractivity (Wildman–Crippen MR) is 100 cm³/mol. The van der Waals surface area contributed by atoms with Crippen molar-refractivity contribution in [3.63, 3.8) is 0 Å². The molecule has 1 fully saturated rings. The fourth-order valence-electron chi connectivity index (χ4n) is 3.65. The molecular formula is C21H25N3O. The first-order valence-corrected chi connectivity index (χ1v) is 9.07. The second-order valence-corrected chi connectivity index (χ2v) is 7.03. The number of nitrogens with zero attached hydrogens (tertiary/aromatic N) is 2. The monoisotopic (exact) mass is 335 g/mol. The molecule has 1 aliphatic heterocycles. The average Bonchev–Trinajstić information content (AvgIpc) is 3.03. The third-order valence-corrected chi connectivity index (χ3v) is 4.99. The number of hydrogen-bond acceptors (Lipinski definition) is 3. The molecule has 0 amide bonds. The number of ether oxygens (including phenoxy) is 1. The summed E-state index contributed by atoms with van der Waals surface area (Å²) in [6, 6.07) is 10.6. The van der Waals surface area contributed by atoms with Gasteiger partial charge >= 0.3 is 0 Å². The zero-order valence-corrected chi connectivity index (χ0v) is 14.7. The van der Waals surface area contributed by atoms with E-state index < -0.39 is 0 Å². The lowest BCUT2D eigenvalue weighted by Crippen LogP contribution is -2.39. The van der Waals surface area contributed by atoms with E-state index >= 15 is 0 Å². The molecule has 3 heterocycles. The number of aromatic amines is 1. The van der Waals surface area contributed by atoms with Gasteiger partial charge in [-0.05, 0) is 55.6 Å². The lowest BCUT2D eigenvalue weighted by Gasteiger charge is -2.32. The Bertz CT molecular complexity index is 828. The number of aromatic nitrogens is 2. The summed E-state index contributed by atoms with van der Waals surface area (Å²) >= 11 is 0. The molecule has 0 aliphatic carbocycles. The van der Waals surface area contributed by atoms with Gasteiger partial charge in [0.1, 0.15) is 0 Å². The Morgan fingerprint density at radius 1 is 1.32 bits per heavy atom. The minimum Gasteiger partial charge on any atom is -0.372 e. The van der Waals surface area contributed by atoms with Gasteiger partial charge in [-0.3, -0.25) is 9.88 Å². The van der Waals surface area contributed by atoms with E-state index in [1.165, 1.54) is 28.5 Å². The lowest BCUT2D eigenvalue weighted by molar-refractivity contribution is -0.0120. The smallest absolute Gasteiger partial charge is 0.0736 e. The third-order valence-electron chi connectivity index (χ3n) is 4.99. The normalized spacial score (nSPS) is 18.7. The molecule has 4 rings (SSSR count). The highest BCUT2D eigenvalue weighted by Gasteiger charge is 2.21. The average molecular weight is 335 g/mol. The molecule has 1 aromatic carbocycles. The van der Waals surface area contributed by atoms with Gasteiger partial charge < -0.3 is 9.72 Å². The highest BCUT2D eigenvalue weighted by molar-refractivity contribution is 5.83. The molecule has 4 heteroatoms. The van der Waals surface area contributed by atoms with Crippen LogP contribution in [0.1, 0.15) is 29.5 Å². The number of aryl methyl sites for hydroxylation is 1. The molecule has 25 heavy (non-hydrogen) atoms. The molecule has 0 spiro atoms. The maximum atomic E-state index is 6.14. The number of rotatable bonds is 5. The second kappa shape index (κ2) is 7.38. The summed E-state index contributed by atoms with van der Waals surface area (Å²) in [6.07, 6.45) is 8.48. The first-order valence-electron chi connectivity index (χ1n) is 9.07. The Balaban J connectivity index is 1.38. The van der Waals surface area contributed by atoms with Crippen LogP contribution in [0.4, 0.5) is 0 Å². The molecule has 0 radical (unpaired) electrons. The van der Waals surface area contributed by atoms with Crippen molar-refractivity contribution in [3.8, 4) is 0 Å².